The Hall–Kier alpha value is -0.770. The third-order valence-electron chi connectivity index (χ3n) is 3.76. The second-order valence-electron chi connectivity index (χ2n) is 6.31. The van der Waals surface area contributed by atoms with Crippen LogP contribution in [0.2, 0.25) is 0 Å². The molecule has 0 N–H and O–H groups in total. The van der Waals surface area contributed by atoms with Gasteiger partial charge in [0.15, 0.2) is 0 Å². The van der Waals surface area contributed by atoms with E-state index in [9.17, 15) is 4.79 Å². The number of carbonyl (C=O) groups excluding carboxylic acids is 1. The molecule has 4 heteroatoms. The Morgan fingerprint density at radius 1 is 1.24 bits per heavy atom. The van der Waals surface area contributed by atoms with Crippen LogP contribution < -0.4 is 0 Å². The largest absolute Gasteiger partial charge is 0.444 e. The summed E-state index contributed by atoms with van der Waals surface area (Å²) in [6.45, 7) is 8.62. The van der Waals surface area contributed by atoms with Crippen molar-refractivity contribution in [1.82, 2.24) is 9.80 Å². The molecule has 0 aromatic rings. The van der Waals surface area contributed by atoms with Crippen molar-refractivity contribution in [2.75, 3.05) is 26.7 Å². The summed E-state index contributed by atoms with van der Waals surface area (Å²) >= 11 is 0. The van der Waals surface area contributed by atoms with Crippen LogP contribution in [0, 0.1) is 5.92 Å². The molecule has 2 saturated heterocycles. The second kappa shape index (κ2) is 4.48. The zero-order chi connectivity index (χ0) is 12.6. The van der Waals surface area contributed by atoms with Gasteiger partial charge >= 0.3 is 6.09 Å². The third-order valence-corrected chi connectivity index (χ3v) is 3.76. The van der Waals surface area contributed by atoms with Crippen LogP contribution in [0.3, 0.4) is 0 Å². The first-order valence-corrected chi connectivity index (χ1v) is 6.55. The molecule has 0 aromatic carbocycles. The van der Waals surface area contributed by atoms with E-state index in [1.165, 1.54) is 6.42 Å². The average molecular weight is 240 g/mol. The van der Waals surface area contributed by atoms with Crippen molar-refractivity contribution in [3.05, 3.63) is 0 Å². The summed E-state index contributed by atoms with van der Waals surface area (Å²) in [5.74, 6) is 0.640. The van der Waals surface area contributed by atoms with Crippen molar-refractivity contribution < 1.29 is 9.53 Å². The number of rotatable bonds is 0. The summed E-state index contributed by atoms with van der Waals surface area (Å²) in [6, 6.07) is 0.675. The first-order valence-electron chi connectivity index (χ1n) is 6.55. The van der Waals surface area contributed by atoms with E-state index in [0.717, 1.165) is 26.1 Å². The minimum atomic E-state index is -0.388. The SMILES string of the molecule is CN1CCC2CN(C(=O)OC(C)(C)C)CCC21. The van der Waals surface area contributed by atoms with E-state index in [2.05, 4.69) is 11.9 Å². The van der Waals surface area contributed by atoms with Crippen LogP contribution in [0.1, 0.15) is 33.6 Å². The number of amides is 1. The van der Waals surface area contributed by atoms with Crippen molar-refractivity contribution >= 4 is 6.09 Å². The topological polar surface area (TPSA) is 32.8 Å². The third kappa shape index (κ3) is 2.92. The predicted octanol–water partition coefficient (Wildman–Crippen LogP) is 1.95. The van der Waals surface area contributed by atoms with E-state index in [1.807, 2.05) is 25.7 Å². The monoisotopic (exact) mass is 240 g/mol. The summed E-state index contributed by atoms with van der Waals surface area (Å²) in [7, 11) is 2.19. The van der Waals surface area contributed by atoms with Gasteiger partial charge in [-0.2, -0.15) is 0 Å². The number of fused-ring (bicyclic) bond motifs is 1. The number of hydrogen-bond donors (Lipinski definition) is 0. The highest BCUT2D eigenvalue weighted by molar-refractivity contribution is 5.68. The fourth-order valence-electron chi connectivity index (χ4n) is 2.91. The first-order chi connectivity index (χ1) is 7.87. The van der Waals surface area contributed by atoms with Gasteiger partial charge in [-0.25, -0.2) is 4.79 Å². The summed E-state index contributed by atoms with van der Waals surface area (Å²) in [4.78, 5) is 16.3. The van der Waals surface area contributed by atoms with E-state index in [1.54, 1.807) is 0 Å². The number of nitrogens with zero attached hydrogens (tertiary/aromatic N) is 2. The smallest absolute Gasteiger partial charge is 0.410 e. The number of likely N-dealkylation sites (tertiary alicyclic amines) is 2. The molecule has 17 heavy (non-hydrogen) atoms. The highest BCUT2D eigenvalue weighted by Gasteiger charge is 2.38. The molecular formula is C13H24N2O2. The Kier molecular flexibility index (Phi) is 3.34. The number of ether oxygens (including phenoxy) is 1. The molecule has 98 valence electrons. The fraction of sp³-hybridized carbons (Fsp3) is 0.923. The Labute approximate surface area is 104 Å². The van der Waals surface area contributed by atoms with E-state index < -0.39 is 0 Å². The standard InChI is InChI=1S/C13H24N2O2/c1-13(2,3)17-12(16)15-8-6-11-10(9-15)5-7-14(11)4/h10-11H,5-9H2,1-4H3. The van der Waals surface area contributed by atoms with Gasteiger partial charge in [0, 0.05) is 19.1 Å². The Morgan fingerprint density at radius 2 is 1.94 bits per heavy atom. The Morgan fingerprint density at radius 3 is 2.59 bits per heavy atom. The van der Waals surface area contributed by atoms with Gasteiger partial charge in [-0.15, -0.1) is 0 Å². The van der Waals surface area contributed by atoms with Crippen LogP contribution >= 0.6 is 0 Å². The molecule has 0 radical (unpaired) electrons. The van der Waals surface area contributed by atoms with Gasteiger partial charge < -0.3 is 14.5 Å². The van der Waals surface area contributed by atoms with Gasteiger partial charge in [-0.1, -0.05) is 0 Å². The maximum Gasteiger partial charge on any atom is 0.410 e. The lowest BCUT2D eigenvalue weighted by Crippen LogP contribution is -2.48. The molecule has 1 amide bonds. The van der Waals surface area contributed by atoms with Crippen LogP contribution in [0.4, 0.5) is 4.79 Å². The molecule has 0 saturated carbocycles. The van der Waals surface area contributed by atoms with Crippen molar-refractivity contribution in [3.8, 4) is 0 Å². The summed E-state index contributed by atoms with van der Waals surface area (Å²) in [6.07, 6.45) is 2.14. The molecule has 4 nitrogen and oxygen atoms in total. The lowest BCUT2D eigenvalue weighted by molar-refractivity contribution is 0.0124. The first kappa shape index (κ1) is 12.7. The van der Waals surface area contributed by atoms with Gasteiger partial charge in [-0.05, 0) is 53.1 Å². The van der Waals surface area contributed by atoms with Crippen LogP contribution in [-0.2, 0) is 4.74 Å². The molecule has 0 aliphatic carbocycles. The molecular weight excluding hydrogens is 216 g/mol. The van der Waals surface area contributed by atoms with Gasteiger partial charge in [0.05, 0.1) is 0 Å². The molecule has 2 aliphatic rings. The summed E-state index contributed by atoms with van der Waals surface area (Å²) in [5.41, 5.74) is -0.388. The zero-order valence-corrected chi connectivity index (χ0v) is 11.4. The van der Waals surface area contributed by atoms with E-state index in [0.29, 0.717) is 12.0 Å². The quantitative estimate of drug-likeness (QED) is 0.649. The molecule has 2 heterocycles. The minimum absolute atomic E-state index is 0.148. The fourth-order valence-corrected chi connectivity index (χ4v) is 2.91. The van der Waals surface area contributed by atoms with Gasteiger partial charge in [-0.3, -0.25) is 0 Å². The van der Waals surface area contributed by atoms with Gasteiger partial charge in [0.1, 0.15) is 5.60 Å². The van der Waals surface area contributed by atoms with Crippen molar-refractivity contribution in [2.45, 2.75) is 45.3 Å². The van der Waals surface area contributed by atoms with Gasteiger partial charge in [0.2, 0.25) is 0 Å². The molecule has 2 atom stereocenters. The van der Waals surface area contributed by atoms with E-state index >= 15 is 0 Å². The van der Waals surface area contributed by atoms with Crippen molar-refractivity contribution in [2.24, 2.45) is 5.92 Å². The summed E-state index contributed by atoms with van der Waals surface area (Å²) in [5, 5.41) is 0. The molecule has 2 fully saturated rings. The highest BCUT2D eigenvalue weighted by Crippen LogP contribution is 2.30. The van der Waals surface area contributed by atoms with E-state index in [4.69, 9.17) is 4.74 Å². The van der Waals surface area contributed by atoms with Crippen LogP contribution in [-0.4, -0.2) is 54.2 Å². The van der Waals surface area contributed by atoms with Crippen LogP contribution in [0.25, 0.3) is 0 Å². The molecule has 2 rings (SSSR count). The normalized spacial score (nSPS) is 30.2. The predicted molar refractivity (Wildman–Crippen MR) is 66.9 cm³/mol. The number of carbonyl (C=O) groups is 1. The Bertz CT molecular complexity index is 298. The van der Waals surface area contributed by atoms with Gasteiger partial charge in [0.25, 0.3) is 0 Å². The molecule has 2 aliphatic heterocycles. The molecule has 0 bridgehead atoms. The molecule has 0 aromatic heterocycles. The van der Waals surface area contributed by atoms with Crippen LogP contribution in [0.15, 0.2) is 0 Å². The number of piperidine rings is 1. The molecule has 0 spiro atoms. The maximum atomic E-state index is 12.0. The molecule has 2 unspecified atom stereocenters. The van der Waals surface area contributed by atoms with Crippen molar-refractivity contribution in [1.29, 1.82) is 0 Å². The van der Waals surface area contributed by atoms with E-state index in [-0.39, 0.29) is 11.7 Å². The van der Waals surface area contributed by atoms with Crippen LogP contribution in [0.5, 0.6) is 0 Å². The average Bonchev–Trinajstić information content (AvgIpc) is 2.57. The lowest BCUT2D eigenvalue weighted by Gasteiger charge is -2.37. The van der Waals surface area contributed by atoms with Crippen molar-refractivity contribution in [3.63, 3.8) is 0 Å². The summed E-state index contributed by atoms with van der Waals surface area (Å²) < 4.78 is 5.43. The lowest BCUT2D eigenvalue weighted by atomic mass is 9.93. The minimum Gasteiger partial charge on any atom is -0.444 e. The zero-order valence-electron chi connectivity index (χ0n) is 11.4. The Balaban J connectivity index is 1.91. The maximum absolute atomic E-state index is 12.0. The second-order valence-corrected chi connectivity index (χ2v) is 6.31. The highest BCUT2D eigenvalue weighted by atomic mass is 16.6. The number of hydrogen-bond acceptors (Lipinski definition) is 3.